The van der Waals surface area contributed by atoms with Crippen molar-refractivity contribution in [1.82, 2.24) is 10.6 Å². The maximum absolute atomic E-state index is 6.29. The van der Waals surface area contributed by atoms with E-state index in [1.807, 2.05) is 42.6 Å². The van der Waals surface area contributed by atoms with E-state index in [0.29, 0.717) is 5.84 Å². The molecule has 0 fully saturated rings. The smallest absolute Gasteiger partial charge is 0.160 e. The molecule has 0 saturated carbocycles. The summed E-state index contributed by atoms with van der Waals surface area (Å²) >= 11 is 0. The largest absolute Gasteiger partial charge is 0.456 e. The molecule has 2 aliphatic rings. The van der Waals surface area contributed by atoms with E-state index >= 15 is 0 Å². The number of rotatable bonds is 4. The van der Waals surface area contributed by atoms with E-state index in [4.69, 9.17) is 18.8 Å². The number of para-hydroxylation sites is 1. The standard InChI is InChI=1S/C46H30N4O2/c1-2-10-28-25-29(22-21-27(28)9-1)44-48-45(50-46(49-44)36-17-8-20-41-43(36)35-11-3-4-18-38(35)51-41)34-16-6-12-30-31(13-5-14-32(30)34)33-15-7-19-40-42(33)37-26-47-24-23-39(37)52-40/h1-25,44,47H,26H2,(H,48,49,50). The number of benzene rings is 7. The fraction of sp³-hybridized carbons (Fsp3) is 0.0435. The molecule has 0 bridgehead atoms. The highest BCUT2D eigenvalue weighted by Gasteiger charge is 2.25. The molecule has 9 aromatic rings. The van der Waals surface area contributed by atoms with Crippen LogP contribution in [0.3, 0.4) is 0 Å². The number of hydrogen-bond acceptors (Lipinski definition) is 6. The van der Waals surface area contributed by atoms with Crippen LogP contribution in [0.1, 0.15) is 34.2 Å². The molecule has 2 aliphatic heterocycles. The highest BCUT2D eigenvalue weighted by Crippen LogP contribution is 2.40. The molecule has 4 heterocycles. The van der Waals surface area contributed by atoms with Gasteiger partial charge in [0.05, 0.1) is 0 Å². The highest BCUT2D eigenvalue weighted by molar-refractivity contribution is 6.24. The van der Waals surface area contributed by atoms with Gasteiger partial charge in [-0.1, -0.05) is 115 Å². The van der Waals surface area contributed by atoms with Crippen LogP contribution in [0.5, 0.6) is 0 Å². The van der Waals surface area contributed by atoms with Crippen LogP contribution in [-0.2, 0) is 6.54 Å². The summed E-state index contributed by atoms with van der Waals surface area (Å²) in [5.74, 6) is 2.34. The van der Waals surface area contributed by atoms with Crippen molar-refractivity contribution in [2.75, 3.05) is 0 Å². The van der Waals surface area contributed by atoms with Gasteiger partial charge in [0.25, 0.3) is 0 Å². The van der Waals surface area contributed by atoms with Crippen molar-refractivity contribution < 1.29 is 8.83 Å². The third kappa shape index (κ3) is 4.44. The predicted octanol–water partition coefficient (Wildman–Crippen LogP) is 10.9. The Morgan fingerprint density at radius 3 is 2.15 bits per heavy atom. The van der Waals surface area contributed by atoms with Crippen LogP contribution in [0.4, 0.5) is 0 Å². The van der Waals surface area contributed by atoms with Gasteiger partial charge in [-0.05, 0) is 68.6 Å². The van der Waals surface area contributed by atoms with E-state index in [1.54, 1.807) is 0 Å². The highest BCUT2D eigenvalue weighted by atomic mass is 16.3. The predicted molar refractivity (Wildman–Crippen MR) is 212 cm³/mol. The molecule has 2 aromatic heterocycles. The Bertz CT molecular complexity index is 3020. The third-order valence-electron chi connectivity index (χ3n) is 10.4. The van der Waals surface area contributed by atoms with Gasteiger partial charge in [0.1, 0.15) is 34.5 Å². The molecule has 0 aliphatic carbocycles. The topological polar surface area (TPSA) is 75.1 Å². The van der Waals surface area contributed by atoms with Crippen molar-refractivity contribution in [3.05, 3.63) is 174 Å². The minimum absolute atomic E-state index is 0.370. The number of hydrogen-bond donors (Lipinski definition) is 2. The van der Waals surface area contributed by atoms with Gasteiger partial charge in [0.15, 0.2) is 5.84 Å². The van der Waals surface area contributed by atoms with Gasteiger partial charge >= 0.3 is 0 Å². The molecule has 6 heteroatoms. The number of nitrogens with zero attached hydrogens (tertiary/aromatic N) is 2. The molecule has 1 atom stereocenters. The Morgan fingerprint density at radius 2 is 1.25 bits per heavy atom. The van der Waals surface area contributed by atoms with Crippen LogP contribution in [0.2, 0.25) is 0 Å². The second-order valence-electron chi connectivity index (χ2n) is 13.4. The summed E-state index contributed by atoms with van der Waals surface area (Å²) in [6.07, 6.45) is 3.59. The van der Waals surface area contributed by atoms with Crippen LogP contribution in [0, 0.1) is 0 Å². The molecule has 2 N–H and O–H groups in total. The van der Waals surface area contributed by atoms with E-state index in [-0.39, 0.29) is 6.17 Å². The lowest BCUT2D eigenvalue weighted by molar-refractivity contribution is 0.592. The molecular weight excluding hydrogens is 641 g/mol. The number of aliphatic imine (C=N–C) groups is 2. The second kappa shape index (κ2) is 11.3. The first kappa shape index (κ1) is 28.9. The molecule has 0 radical (unpaired) electrons. The Kier molecular flexibility index (Phi) is 6.28. The zero-order chi connectivity index (χ0) is 34.2. The lowest BCUT2D eigenvalue weighted by Gasteiger charge is -2.25. The molecule has 11 rings (SSSR count). The normalized spacial score (nSPS) is 15.5. The Balaban J connectivity index is 1.12. The summed E-state index contributed by atoms with van der Waals surface area (Å²) in [5, 5.41) is 14.9. The zero-order valence-corrected chi connectivity index (χ0v) is 27.9. The molecular formula is C46H30N4O2. The van der Waals surface area contributed by atoms with E-state index < -0.39 is 0 Å². The minimum Gasteiger partial charge on any atom is -0.456 e. The van der Waals surface area contributed by atoms with Crippen molar-refractivity contribution in [2.24, 2.45) is 9.98 Å². The van der Waals surface area contributed by atoms with E-state index in [2.05, 4.69) is 120 Å². The van der Waals surface area contributed by atoms with Gasteiger partial charge in [-0.25, -0.2) is 9.98 Å². The lowest BCUT2D eigenvalue weighted by atomic mass is 9.92. The van der Waals surface area contributed by atoms with Crippen LogP contribution >= 0.6 is 0 Å². The average molecular weight is 671 g/mol. The van der Waals surface area contributed by atoms with Crippen LogP contribution < -0.4 is 10.6 Å². The minimum atomic E-state index is -0.370. The van der Waals surface area contributed by atoms with Crippen molar-refractivity contribution in [3.63, 3.8) is 0 Å². The van der Waals surface area contributed by atoms with Crippen molar-refractivity contribution in [3.8, 4) is 11.1 Å². The summed E-state index contributed by atoms with van der Waals surface area (Å²) in [6.45, 7) is 0.726. The fourth-order valence-electron chi connectivity index (χ4n) is 8.03. The molecule has 1 unspecified atom stereocenters. The first-order valence-corrected chi connectivity index (χ1v) is 17.6. The zero-order valence-electron chi connectivity index (χ0n) is 27.9. The number of furan rings is 2. The Hall–Kier alpha value is -6.92. The Morgan fingerprint density at radius 1 is 0.558 bits per heavy atom. The van der Waals surface area contributed by atoms with Crippen LogP contribution in [0.15, 0.2) is 165 Å². The summed E-state index contributed by atoms with van der Waals surface area (Å²) in [4.78, 5) is 10.6. The van der Waals surface area contributed by atoms with Crippen LogP contribution in [-0.4, -0.2) is 11.7 Å². The number of nitrogens with one attached hydrogen (secondary N) is 2. The maximum atomic E-state index is 6.29. The van der Waals surface area contributed by atoms with Crippen molar-refractivity contribution in [2.45, 2.75) is 12.7 Å². The summed E-state index contributed by atoms with van der Waals surface area (Å²) < 4.78 is 12.6. The fourth-order valence-corrected chi connectivity index (χ4v) is 8.03. The van der Waals surface area contributed by atoms with Gasteiger partial charge in [-0.2, -0.15) is 0 Å². The average Bonchev–Trinajstić information content (AvgIpc) is 3.79. The van der Waals surface area contributed by atoms with Crippen molar-refractivity contribution >= 4 is 72.2 Å². The summed E-state index contributed by atoms with van der Waals surface area (Å²) in [7, 11) is 0. The first-order valence-electron chi connectivity index (χ1n) is 17.6. The van der Waals surface area contributed by atoms with Crippen molar-refractivity contribution in [1.29, 1.82) is 0 Å². The van der Waals surface area contributed by atoms with E-state index in [1.165, 1.54) is 16.3 Å². The first-order chi connectivity index (χ1) is 25.8. The van der Waals surface area contributed by atoms with Crippen LogP contribution in [0.25, 0.3) is 71.7 Å². The monoisotopic (exact) mass is 670 g/mol. The molecule has 0 saturated heterocycles. The molecule has 52 heavy (non-hydrogen) atoms. The molecule has 0 amide bonds. The molecule has 0 spiro atoms. The number of amidine groups is 2. The van der Waals surface area contributed by atoms with Gasteiger partial charge in [0, 0.05) is 45.6 Å². The maximum Gasteiger partial charge on any atom is 0.160 e. The lowest BCUT2D eigenvalue weighted by Crippen LogP contribution is -2.33. The third-order valence-corrected chi connectivity index (χ3v) is 10.4. The molecule has 6 nitrogen and oxygen atoms in total. The quantitative estimate of drug-likeness (QED) is 0.195. The summed E-state index contributed by atoms with van der Waals surface area (Å²) in [6, 6.07) is 48.7. The van der Waals surface area contributed by atoms with Gasteiger partial charge in [0.2, 0.25) is 0 Å². The van der Waals surface area contributed by atoms with Gasteiger partial charge in [-0.3, -0.25) is 0 Å². The summed E-state index contributed by atoms with van der Waals surface area (Å²) in [5.41, 5.74) is 9.03. The number of fused-ring (bicyclic) bond motifs is 8. The second-order valence-corrected chi connectivity index (χ2v) is 13.4. The Labute approximate surface area is 298 Å². The molecule has 7 aromatic carbocycles. The SMILES string of the molecule is C1=Cc2oc3cccc(-c4cccc5c(C6=NC(c7cccc8oc9ccccc9c78)=NC(c7ccc8ccccc8c7)N6)cccc45)c3c2CN1. The van der Waals surface area contributed by atoms with E-state index in [9.17, 15) is 0 Å². The van der Waals surface area contributed by atoms with E-state index in [0.717, 1.165) is 89.6 Å². The van der Waals surface area contributed by atoms with Gasteiger partial charge in [-0.15, -0.1) is 0 Å². The molecule has 246 valence electrons. The van der Waals surface area contributed by atoms with Gasteiger partial charge < -0.3 is 19.5 Å².